The highest BCUT2D eigenvalue weighted by molar-refractivity contribution is 5.89. The number of esters is 1. The Morgan fingerprint density at radius 2 is 1.49 bits per heavy atom. The Labute approximate surface area is 267 Å². The summed E-state index contributed by atoms with van der Waals surface area (Å²) in [6.07, 6.45) is 8.64. The number of hydrogen-bond acceptors (Lipinski definition) is 5. The van der Waals surface area contributed by atoms with Gasteiger partial charge in [0.2, 0.25) is 0 Å². The molecule has 0 bridgehead atoms. The van der Waals surface area contributed by atoms with Crippen molar-refractivity contribution in [2.75, 3.05) is 11.9 Å². The van der Waals surface area contributed by atoms with Gasteiger partial charge in [-0.05, 0) is 86.1 Å². The summed E-state index contributed by atoms with van der Waals surface area (Å²) in [6, 6.07) is 34.0. The fraction of sp³-hybridized carbons (Fsp3) is 0.250. The number of unbranched alkanes of at least 4 members (excludes halogenated alkanes) is 1. The molecule has 0 heterocycles. The lowest BCUT2D eigenvalue weighted by Crippen LogP contribution is -2.06. The molecule has 0 spiro atoms. The average molecular weight is 602 g/mol. The molecule has 232 valence electrons. The van der Waals surface area contributed by atoms with Gasteiger partial charge >= 0.3 is 5.97 Å². The monoisotopic (exact) mass is 601 g/mol. The maximum Gasteiger partial charge on any atom is 0.338 e. The standard InChI is InChI=1S/C40H43NO4/c1-4-44-40(43)37-26-19-33(20-27-37)28-32(13-9-8-12-30(2)42)18-25-36-14-10-11-17-39(36)45-29-34-21-23-35(24-22-34)31(3)41-38-15-6-5-7-16-38/h5-7,10-11,14-27,32,41H,3-4,8-9,12-13,28-29H2,1-2H3/b25-18+. The van der Waals surface area contributed by atoms with Gasteiger partial charge in [-0.3, -0.25) is 0 Å². The first-order valence-corrected chi connectivity index (χ1v) is 15.7. The molecule has 0 aliphatic rings. The molecule has 0 aliphatic carbocycles. The Kier molecular flexibility index (Phi) is 12.8. The van der Waals surface area contributed by atoms with Crippen molar-refractivity contribution in [1.29, 1.82) is 0 Å². The topological polar surface area (TPSA) is 64.6 Å². The zero-order valence-corrected chi connectivity index (χ0v) is 26.3. The van der Waals surface area contributed by atoms with Gasteiger partial charge in [0.1, 0.15) is 18.1 Å². The Morgan fingerprint density at radius 1 is 0.822 bits per heavy atom. The molecule has 0 fully saturated rings. The second-order valence-electron chi connectivity index (χ2n) is 11.2. The van der Waals surface area contributed by atoms with Crippen molar-refractivity contribution in [1.82, 2.24) is 0 Å². The summed E-state index contributed by atoms with van der Waals surface area (Å²) in [5.41, 5.74) is 6.67. The molecule has 0 saturated heterocycles. The van der Waals surface area contributed by atoms with Gasteiger partial charge in [0.05, 0.1) is 12.2 Å². The number of carbonyl (C=O) groups excluding carboxylic acids is 2. The summed E-state index contributed by atoms with van der Waals surface area (Å²) in [7, 11) is 0. The van der Waals surface area contributed by atoms with E-state index < -0.39 is 0 Å². The number of hydrogen-bond donors (Lipinski definition) is 1. The van der Waals surface area contributed by atoms with Crippen molar-refractivity contribution in [2.45, 2.75) is 52.6 Å². The van der Waals surface area contributed by atoms with E-state index in [0.29, 0.717) is 25.2 Å². The van der Waals surface area contributed by atoms with Gasteiger partial charge in [0.25, 0.3) is 0 Å². The molecular formula is C40H43NO4. The molecule has 1 atom stereocenters. The zero-order valence-electron chi connectivity index (χ0n) is 26.3. The molecule has 0 saturated carbocycles. The summed E-state index contributed by atoms with van der Waals surface area (Å²) >= 11 is 0. The van der Waals surface area contributed by atoms with E-state index >= 15 is 0 Å². The van der Waals surface area contributed by atoms with Gasteiger partial charge < -0.3 is 19.6 Å². The van der Waals surface area contributed by atoms with Crippen molar-refractivity contribution in [2.24, 2.45) is 5.92 Å². The van der Waals surface area contributed by atoms with Crippen LogP contribution in [0.15, 0.2) is 116 Å². The summed E-state index contributed by atoms with van der Waals surface area (Å²) in [6.45, 7) is 8.44. The van der Waals surface area contributed by atoms with Crippen LogP contribution < -0.4 is 10.1 Å². The lowest BCUT2D eigenvalue weighted by molar-refractivity contribution is -0.117. The van der Waals surface area contributed by atoms with Crippen LogP contribution in [0.25, 0.3) is 11.8 Å². The van der Waals surface area contributed by atoms with Gasteiger partial charge in [-0.25, -0.2) is 4.79 Å². The Morgan fingerprint density at radius 3 is 2.20 bits per heavy atom. The first-order valence-electron chi connectivity index (χ1n) is 15.7. The Hall–Kier alpha value is -4.90. The van der Waals surface area contributed by atoms with Gasteiger partial charge in [0, 0.05) is 23.4 Å². The van der Waals surface area contributed by atoms with Crippen LogP contribution in [0.5, 0.6) is 5.75 Å². The number of Topliss-reactive ketones (excluding diaryl/α,β-unsaturated/α-hetero) is 1. The predicted octanol–water partition coefficient (Wildman–Crippen LogP) is 9.55. The van der Waals surface area contributed by atoms with Crippen molar-refractivity contribution >= 4 is 29.2 Å². The molecule has 0 aliphatic heterocycles. The zero-order chi connectivity index (χ0) is 31.9. The minimum absolute atomic E-state index is 0.228. The SMILES string of the molecule is C=C(Nc1ccccc1)c1ccc(COc2ccccc2/C=C/C(CCCCC(C)=O)Cc2ccc(C(=O)OCC)cc2)cc1. The summed E-state index contributed by atoms with van der Waals surface area (Å²) < 4.78 is 11.4. The number of carbonyl (C=O) groups is 2. The van der Waals surface area contributed by atoms with Gasteiger partial charge in [-0.2, -0.15) is 0 Å². The highest BCUT2D eigenvalue weighted by Gasteiger charge is 2.11. The molecular weight excluding hydrogens is 558 g/mol. The van der Waals surface area contributed by atoms with Gasteiger partial charge in [-0.15, -0.1) is 0 Å². The number of anilines is 1. The number of nitrogens with one attached hydrogen (secondary N) is 1. The average Bonchev–Trinajstić information content (AvgIpc) is 3.06. The molecule has 5 nitrogen and oxygen atoms in total. The number of benzene rings is 4. The van der Waals surface area contributed by atoms with Crippen LogP contribution in [0, 0.1) is 5.92 Å². The van der Waals surface area contributed by atoms with Crippen LogP contribution in [0.1, 0.15) is 72.1 Å². The molecule has 5 heteroatoms. The van der Waals surface area contributed by atoms with Crippen molar-refractivity contribution in [3.8, 4) is 5.75 Å². The van der Waals surface area contributed by atoms with E-state index in [1.54, 1.807) is 13.8 Å². The number of allylic oxidation sites excluding steroid dienone is 1. The third-order valence-corrected chi connectivity index (χ3v) is 7.55. The number of para-hydroxylation sites is 2. The van der Waals surface area contributed by atoms with E-state index in [-0.39, 0.29) is 17.7 Å². The maximum absolute atomic E-state index is 12.1. The molecule has 45 heavy (non-hydrogen) atoms. The predicted molar refractivity (Wildman–Crippen MR) is 184 cm³/mol. The van der Waals surface area contributed by atoms with Crippen molar-refractivity contribution in [3.63, 3.8) is 0 Å². The normalized spacial score (nSPS) is 11.6. The molecule has 1 unspecified atom stereocenters. The third-order valence-electron chi connectivity index (χ3n) is 7.55. The second kappa shape index (κ2) is 17.4. The quantitative estimate of drug-likeness (QED) is 0.0964. The van der Waals surface area contributed by atoms with Crippen LogP contribution in [0.3, 0.4) is 0 Å². The van der Waals surface area contributed by atoms with Crippen LogP contribution in [0.2, 0.25) is 0 Å². The fourth-order valence-electron chi connectivity index (χ4n) is 5.06. The van der Waals surface area contributed by atoms with Crippen molar-refractivity contribution in [3.05, 3.63) is 144 Å². The smallest absolute Gasteiger partial charge is 0.338 e. The maximum atomic E-state index is 12.1. The van der Waals surface area contributed by atoms with Crippen LogP contribution in [-0.4, -0.2) is 18.4 Å². The highest BCUT2D eigenvalue weighted by Crippen LogP contribution is 2.25. The molecule has 0 aromatic heterocycles. The minimum atomic E-state index is -0.303. The lowest BCUT2D eigenvalue weighted by atomic mass is 9.92. The van der Waals surface area contributed by atoms with E-state index in [9.17, 15) is 9.59 Å². The summed E-state index contributed by atoms with van der Waals surface area (Å²) in [5.74, 6) is 1.01. The molecule has 1 N–H and O–H groups in total. The molecule has 4 rings (SSSR count). The van der Waals surface area contributed by atoms with Crippen LogP contribution >= 0.6 is 0 Å². The summed E-state index contributed by atoms with van der Waals surface area (Å²) in [5, 5.41) is 3.35. The molecule has 4 aromatic carbocycles. The van der Waals surface area contributed by atoms with E-state index in [2.05, 4.69) is 54.4 Å². The van der Waals surface area contributed by atoms with Crippen LogP contribution in [-0.2, 0) is 22.6 Å². The second-order valence-corrected chi connectivity index (χ2v) is 11.2. The Balaban J connectivity index is 1.39. The summed E-state index contributed by atoms with van der Waals surface area (Å²) in [4.78, 5) is 23.5. The largest absolute Gasteiger partial charge is 0.488 e. The van der Waals surface area contributed by atoms with Gasteiger partial charge in [-0.1, -0.05) is 97.9 Å². The third kappa shape index (κ3) is 11.0. The lowest BCUT2D eigenvalue weighted by Gasteiger charge is -2.15. The van der Waals surface area contributed by atoms with E-state index in [4.69, 9.17) is 9.47 Å². The highest BCUT2D eigenvalue weighted by atomic mass is 16.5. The molecule has 4 aromatic rings. The van der Waals surface area contributed by atoms with Crippen LogP contribution in [0.4, 0.5) is 5.69 Å². The number of rotatable bonds is 17. The number of ether oxygens (including phenoxy) is 2. The minimum Gasteiger partial charge on any atom is -0.488 e. The fourth-order valence-corrected chi connectivity index (χ4v) is 5.06. The van der Waals surface area contributed by atoms with E-state index in [0.717, 1.165) is 65.1 Å². The number of ketones is 1. The van der Waals surface area contributed by atoms with E-state index in [1.165, 1.54) is 0 Å². The Bertz CT molecular complexity index is 1560. The molecule has 0 radical (unpaired) electrons. The first-order chi connectivity index (χ1) is 21.9. The van der Waals surface area contributed by atoms with Gasteiger partial charge in [0.15, 0.2) is 0 Å². The van der Waals surface area contributed by atoms with Crippen molar-refractivity contribution < 1.29 is 19.1 Å². The first kappa shape index (κ1) is 33.0. The van der Waals surface area contributed by atoms with E-state index in [1.807, 2.05) is 72.8 Å². The molecule has 0 amide bonds.